The first kappa shape index (κ1) is 16.0. The first-order valence-corrected chi connectivity index (χ1v) is 7.60. The van der Waals surface area contributed by atoms with Gasteiger partial charge in [-0.15, -0.1) is 0 Å². The molecule has 0 aromatic heterocycles. The van der Waals surface area contributed by atoms with Gasteiger partial charge in [0.1, 0.15) is 6.04 Å². The number of hydrogen-bond donors (Lipinski definition) is 0. The fraction of sp³-hybridized carbons (Fsp3) is 0.588. The van der Waals surface area contributed by atoms with Gasteiger partial charge in [-0.2, -0.15) is 0 Å². The molecule has 1 aromatic rings. The van der Waals surface area contributed by atoms with Gasteiger partial charge >= 0.3 is 5.97 Å². The molecule has 0 saturated carbocycles. The molecule has 0 N–H and O–H groups in total. The average Bonchev–Trinajstić information content (AvgIpc) is 2.49. The molecule has 0 radical (unpaired) electrons. The number of methoxy groups -OCH3 is 1. The Morgan fingerprint density at radius 2 is 2.10 bits per heavy atom. The number of nitrogens with zero attached hydrogens (tertiary/aromatic N) is 1. The van der Waals surface area contributed by atoms with Crippen molar-refractivity contribution in [3.63, 3.8) is 0 Å². The van der Waals surface area contributed by atoms with Crippen molar-refractivity contribution in [2.45, 2.75) is 38.3 Å². The number of benzene rings is 1. The smallest absolute Gasteiger partial charge is 0.328 e. The summed E-state index contributed by atoms with van der Waals surface area (Å²) in [7, 11) is 1.74. The van der Waals surface area contributed by atoms with E-state index >= 15 is 0 Å². The van der Waals surface area contributed by atoms with Crippen LogP contribution in [0.25, 0.3) is 0 Å². The molecular weight excluding hydrogens is 266 g/mol. The summed E-state index contributed by atoms with van der Waals surface area (Å²) in [4.78, 5) is 14.6. The summed E-state index contributed by atoms with van der Waals surface area (Å²) in [5.74, 6) is -0.177. The Hall–Kier alpha value is -1.39. The van der Waals surface area contributed by atoms with E-state index in [0.29, 0.717) is 6.61 Å². The standard InChI is InChI=1S/C17H25NO3/c1-4-21-16(19)15(14-9-6-5-7-10-14)18-12-8-11-17(2,13-18)20-3/h5-7,9-10,15H,4,8,11-13H2,1-3H3. The second-order valence-corrected chi connectivity index (χ2v) is 5.79. The lowest BCUT2D eigenvalue weighted by Crippen LogP contribution is -2.50. The summed E-state index contributed by atoms with van der Waals surface area (Å²) in [5.41, 5.74) is 0.786. The fourth-order valence-corrected chi connectivity index (χ4v) is 2.98. The summed E-state index contributed by atoms with van der Waals surface area (Å²) in [5, 5.41) is 0. The van der Waals surface area contributed by atoms with Crippen LogP contribution >= 0.6 is 0 Å². The molecular formula is C17H25NO3. The number of carbonyl (C=O) groups excluding carboxylic acids is 1. The van der Waals surface area contributed by atoms with Crippen LogP contribution in [-0.2, 0) is 14.3 Å². The van der Waals surface area contributed by atoms with Crippen LogP contribution in [0.15, 0.2) is 30.3 Å². The van der Waals surface area contributed by atoms with Crippen LogP contribution < -0.4 is 0 Å². The van der Waals surface area contributed by atoms with Crippen LogP contribution in [0.4, 0.5) is 0 Å². The first-order chi connectivity index (χ1) is 10.1. The zero-order chi connectivity index (χ0) is 15.3. The maximum absolute atomic E-state index is 12.4. The van der Waals surface area contributed by atoms with E-state index in [0.717, 1.165) is 31.5 Å². The largest absolute Gasteiger partial charge is 0.465 e. The van der Waals surface area contributed by atoms with Gasteiger partial charge < -0.3 is 9.47 Å². The number of esters is 1. The molecule has 116 valence electrons. The van der Waals surface area contributed by atoms with Crippen molar-refractivity contribution in [3.8, 4) is 0 Å². The van der Waals surface area contributed by atoms with E-state index in [2.05, 4.69) is 11.8 Å². The normalized spacial score (nSPS) is 24.5. The maximum Gasteiger partial charge on any atom is 0.328 e. The Kier molecular flexibility index (Phi) is 5.37. The summed E-state index contributed by atoms with van der Waals surface area (Å²) in [6.45, 7) is 5.97. The number of piperidine rings is 1. The van der Waals surface area contributed by atoms with Crippen molar-refractivity contribution >= 4 is 5.97 Å². The maximum atomic E-state index is 12.4. The third-order valence-corrected chi connectivity index (χ3v) is 4.17. The minimum atomic E-state index is -0.346. The Bertz CT molecular complexity index is 462. The highest BCUT2D eigenvalue weighted by atomic mass is 16.5. The van der Waals surface area contributed by atoms with Gasteiger partial charge in [-0.05, 0) is 38.8 Å². The number of carbonyl (C=O) groups is 1. The van der Waals surface area contributed by atoms with Gasteiger partial charge in [0.05, 0.1) is 12.2 Å². The highest BCUT2D eigenvalue weighted by Gasteiger charge is 2.37. The molecule has 1 aliphatic rings. The molecule has 1 aromatic carbocycles. The van der Waals surface area contributed by atoms with Gasteiger partial charge in [0.15, 0.2) is 0 Å². The van der Waals surface area contributed by atoms with E-state index in [9.17, 15) is 4.79 Å². The molecule has 2 atom stereocenters. The van der Waals surface area contributed by atoms with Gasteiger partial charge in [0.25, 0.3) is 0 Å². The topological polar surface area (TPSA) is 38.8 Å². The minimum absolute atomic E-state index is 0.177. The summed E-state index contributed by atoms with van der Waals surface area (Å²) in [6.07, 6.45) is 2.04. The van der Waals surface area contributed by atoms with Crippen LogP contribution in [0.3, 0.4) is 0 Å². The summed E-state index contributed by atoms with van der Waals surface area (Å²) < 4.78 is 10.9. The molecule has 2 rings (SSSR count). The highest BCUT2D eigenvalue weighted by Crippen LogP contribution is 2.31. The Morgan fingerprint density at radius 1 is 1.38 bits per heavy atom. The second kappa shape index (κ2) is 7.05. The Morgan fingerprint density at radius 3 is 2.71 bits per heavy atom. The molecule has 1 aliphatic heterocycles. The third-order valence-electron chi connectivity index (χ3n) is 4.17. The summed E-state index contributed by atoms with van der Waals surface area (Å²) >= 11 is 0. The second-order valence-electron chi connectivity index (χ2n) is 5.79. The molecule has 0 aliphatic carbocycles. The molecule has 1 saturated heterocycles. The predicted octanol–water partition coefficient (Wildman–Crippen LogP) is 2.79. The monoisotopic (exact) mass is 291 g/mol. The molecule has 4 heteroatoms. The lowest BCUT2D eigenvalue weighted by molar-refractivity contribution is -0.153. The van der Waals surface area contributed by atoms with Crippen LogP contribution in [0, 0.1) is 0 Å². The van der Waals surface area contributed by atoms with Crippen molar-refractivity contribution in [2.75, 3.05) is 26.8 Å². The number of rotatable bonds is 5. The lowest BCUT2D eigenvalue weighted by atomic mass is 9.92. The molecule has 4 nitrogen and oxygen atoms in total. The van der Waals surface area contributed by atoms with Crippen LogP contribution in [0.2, 0.25) is 0 Å². The number of hydrogen-bond acceptors (Lipinski definition) is 4. The molecule has 0 amide bonds. The summed E-state index contributed by atoms with van der Waals surface area (Å²) in [6, 6.07) is 9.50. The molecule has 21 heavy (non-hydrogen) atoms. The zero-order valence-electron chi connectivity index (χ0n) is 13.2. The van der Waals surface area contributed by atoms with Crippen molar-refractivity contribution in [1.82, 2.24) is 4.90 Å². The number of likely N-dealkylation sites (tertiary alicyclic amines) is 1. The average molecular weight is 291 g/mol. The molecule has 1 heterocycles. The Labute approximate surface area is 127 Å². The highest BCUT2D eigenvalue weighted by molar-refractivity contribution is 5.77. The van der Waals surface area contributed by atoms with Crippen LogP contribution in [-0.4, -0.2) is 43.3 Å². The van der Waals surface area contributed by atoms with E-state index in [1.165, 1.54) is 0 Å². The van der Waals surface area contributed by atoms with E-state index in [4.69, 9.17) is 9.47 Å². The SMILES string of the molecule is CCOC(=O)C(c1ccccc1)N1CCCC(C)(OC)C1. The van der Waals surface area contributed by atoms with Gasteiger partial charge in [0.2, 0.25) is 0 Å². The van der Waals surface area contributed by atoms with Gasteiger partial charge in [-0.1, -0.05) is 30.3 Å². The van der Waals surface area contributed by atoms with Gasteiger partial charge in [-0.3, -0.25) is 4.90 Å². The van der Waals surface area contributed by atoms with E-state index in [1.54, 1.807) is 7.11 Å². The molecule has 1 fully saturated rings. The number of ether oxygens (including phenoxy) is 2. The van der Waals surface area contributed by atoms with E-state index < -0.39 is 0 Å². The Balaban J connectivity index is 2.25. The van der Waals surface area contributed by atoms with Crippen molar-refractivity contribution in [3.05, 3.63) is 35.9 Å². The van der Waals surface area contributed by atoms with Gasteiger partial charge in [-0.25, -0.2) is 4.79 Å². The van der Waals surface area contributed by atoms with E-state index in [-0.39, 0.29) is 17.6 Å². The van der Waals surface area contributed by atoms with E-state index in [1.807, 2.05) is 37.3 Å². The zero-order valence-corrected chi connectivity index (χ0v) is 13.2. The van der Waals surface area contributed by atoms with Crippen LogP contribution in [0.1, 0.15) is 38.3 Å². The fourth-order valence-electron chi connectivity index (χ4n) is 2.98. The van der Waals surface area contributed by atoms with Crippen molar-refractivity contribution in [2.24, 2.45) is 0 Å². The van der Waals surface area contributed by atoms with Crippen molar-refractivity contribution < 1.29 is 14.3 Å². The first-order valence-electron chi connectivity index (χ1n) is 7.60. The van der Waals surface area contributed by atoms with Crippen molar-refractivity contribution in [1.29, 1.82) is 0 Å². The van der Waals surface area contributed by atoms with Gasteiger partial charge in [0, 0.05) is 13.7 Å². The lowest BCUT2D eigenvalue weighted by Gasteiger charge is -2.42. The van der Waals surface area contributed by atoms with Crippen LogP contribution in [0.5, 0.6) is 0 Å². The quantitative estimate of drug-likeness (QED) is 0.782. The minimum Gasteiger partial charge on any atom is -0.465 e. The molecule has 0 spiro atoms. The molecule has 2 unspecified atom stereocenters. The molecule has 0 bridgehead atoms. The third kappa shape index (κ3) is 3.83. The predicted molar refractivity (Wildman–Crippen MR) is 82.0 cm³/mol.